The minimum atomic E-state index is -0.0923. The molecule has 116 valence electrons. The molecule has 2 aliphatic rings. The maximum atomic E-state index is 12.1. The zero-order valence-corrected chi connectivity index (χ0v) is 13.1. The van der Waals surface area contributed by atoms with E-state index in [1.165, 1.54) is 25.7 Å². The van der Waals surface area contributed by atoms with Crippen LogP contribution in [-0.4, -0.2) is 17.7 Å². The van der Waals surface area contributed by atoms with Crippen molar-refractivity contribution in [3.63, 3.8) is 0 Å². The van der Waals surface area contributed by atoms with Gasteiger partial charge in [0.1, 0.15) is 5.76 Å². The van der Waals surface area contributed by atoms with Gasteiger partial charge in [-0.05, 0) is 57.8 Å². The standard InChI is InChI=1S/C16H25N3O2/c1-9(15-10(2)19-21-11(15)3)18-16(20)17-8-14-7-12-4-5-13(14)6-12/h9,12-14H,4-8H2,1-3H3,(H2,17,18,20)/t9-,12+,13+,14-/m1/s1. The fraction of sp³-hybridized carbons (Fsp3) is 0.750. The summed E-state index contributed by atoms with van der Waals surface area (Å²) in [7, 11) is 0. The minimum Gasteiger partial charge on any atom is -0.361 e. The van der Waals surface area contributed by atoms with Crippen LogP contribution in [0.25, 0.3) is 0 Å². The van der Waals surface area contributed by atoms with E-state index < -0.39 is 0 Å². The third-order valence-corrected chi connectivity index (χ3v) is 5.28. The molecule has 1 aromatic rings. The summed E-state index contributed by atoms with van der Waals surface area (Å²) in [6.07, 6.45) is 5.43. The molecule has 2 amide bonds. The Balaban J connectivity index is 1.48. The summed E-state index contributed by atoms with van der Waals surface area (Å²) in [5.74, 6) is 3.22. The minimum absolute atomic E-state index is 0.0868. The van der Waals surface area contributed by atoms with Gasteiger partial charge < -0.3 is 15.2 Å². The quantitative estimate of drug-likeness (QED) is 0.895. The van der Waals surface area contributed by atoms with Crippen molar-refractivity contribution in [1.29, 1.82) is 0 Å². The second kappa shape index (κ2) is 5.70. The van der Waals surface area contributed by atoms with Gasteiger partial charge >= 0.3 is 6.03 Å². The predicted molar refractivity (Wildman–Crippen MR) is 79.9 cm³/mol. The van der Waals surface area contributed by atoms with Gasteiger partial charge in [-0.2, -0.15) is 0 Å². The number of nitrogens with zero attached hydrogens (tertiary/aromatic N) is 1. The highest BCUT2D eigenvalue weighted by atomic mass is 16.5. The average molecular weight is 291 g/mol. The first-order valence-electron chi connectivity index (χ1n) is 8.01. The van der Waals surface area contributed by atoms with E-state index in [0.717, 1.165) is 35.4 Å². The third-order valence-electron chi connectivity index (χ3n) is 5.28. The van der Waals surface area contributed by atoms with Crippen LogP contribution < -0.4 is 10.6 Å². The molecule has 2 N–H and O–H groups in total. The maximum Gasteiger partial charge on any atom is 0.315 e. The summed E-state index contributed by atoms with van der Waals surface area (Å²) in [4.78, 5) is 12.1. The molecule has 0 radical (unpaired) electrons. The zero-order valence-electron chi connectivity index (χ0n) is 13.1. The van der Waals surface area contributed by atoms with Crippen LogP contribution in [0.2, 0.25) is 0 Å². The molecule has 21 heavy (non-hydrogen) atoms. The van der Waals surface area contributed by atoms with Crippen LogP contribution in [-0.2, 0) is 0 Å². The second-order valence-corrected chi connectivity index (χ2v) is 6.75. The Morgan fingerprint density at radius 2 is 2.19 bits per heavy atom. The first-order valence-corrected chi connectivity index (χ1v) is 8.01. The van der Waals surface area contributed by atoms with E-state index in [2.05, 4.69) is 15.8 Å². The van der Waals surface area contributed by atoms with Crippen molar-refractivity contribution < 1.29 is 9.32 Å². The van der Waals surface area contributed by atoms with Crippen LogP contribution in [0.15, 0.2) is 4.52 Å². The number of aromatic nitrogens is 1. The van der Waals surface area contributed by atoms with Crippen molar-refractivity contribution in [3.8, 4) is 0 Å². The first kappa shape index (κ1) is 14.4. The van der Waals surface area contributed by atoms with Gasteiger partial charge in [-0.1, -0.05) is 11.6 Å². The molecule has 1 heterocycles. The Labute approximate surface area is 125 Å². The Morgan fingerprint density at radius 3 is 2.76 bits per heavy atom. The average Bonchev–Trinajstić information content (AvgIpc) is 3.12. The van der Waals surface area contributed by atoms with Crippen molar-refractivity contribution in [2.75, 3.05) is 6.54 Å². The van der Waals surface area contributed by atoms with E-state index in [9.17, 15) is 4.79 Å². The molecule has 0 saturated heterocycles. The van der Waals surface area contributed by atoms with Crippen LogP contribution in [0.3, 0.4) is 0 Å². The van der Waals surface area contributed by atoms with E-state index in [1.807, 2.05) is 20.8 Å². The molecule has 2 aliphatic carbocycles. The summed E-state index contributed by atoms with van der Waals surface area (Å²) < 4.78 is 5.15. The lowest BCUT2D eigenvalue weighted by atomic mass is 9.89. The summed E-state index contributed by atoms with van der Waals surface area (Å²) >= 11 is 0. The molecule has 0 unspecified atom stereocenters. The predicted octanol–water partition coefficient (Wildman–Crippen LogP) is 3.09. The fourth-order valence-corrected chi connectivity index (χ4v) is 4.28. The Bertz CT molecular complexity index is 506. The van der Waals surface area contributed by atoms with Gasteiger partial charge in [0.2, 0.25) is 0 Å². The highest BCUT2D eigenvalue weighted by molar-refractivity contribution is 5.74. The van der Waals surface area contributed by atoms with Crippen LogP contribution >= 0.6 is 0 Å². The summed E-state index contributed by atoms with van der Waals surface area (Å²) in [5.41, 5.74) is 1.82. The Kier molecular flexibility index (Phi) is 3.91. The van der Waals surface area contributed by atoms with E-state index in [0.29, 0.717) is 5.92 Å². The molecule has 0 aliphatic heterocycles. The highest BCUT2D eigenvalue weighted by Crippen LogP contribution is 2.47. The number of fused-ring (bicyclic) bond motifs is 2. The number of aryl methyl sites for hydroxylation is 2. The second-order valence-electron chi connectivity index (χ2n) is 6.75. The molecule has 1 aromatic heterocycles. The van der Waals surface area contributed by atoms with Crippen LogP contribution in [0.5, 0.6) is 0 Å². The first-order chi connectivity index (χ1) is 10.0. The van der Waals surface area contributed by atoms with E-state index in [-0.39, 0.29) is 12.1 Å². The highest BCUT2D eigenvalue weighted by Gasteiger charge is 2.39. The van der Waals surface area contributed by atoms with Gasteiger partial charge in [-0.15, -0.1) is 0 Å². The van der Waals surface area contributed by atoms with Crippen LogP contribution in [0.4, 0.5) is 4.79 Å². The van der Waals surface area contributed by atoms with Crippen molar-refractivity contribution in [2.24, 2.45) is 17.8 Å². The van der Waals surface area contributed by atoms with Crippen molar-refractivity contribution in [1.82, 2.24) is 15.8 Å². The van der Waals surface area contributed by atoms with Gasteiger partial charge in [0.05, 0.1) is 11.7 Å². The largest absolute Gasteiger partial charge is 0.361 e. The van der Waals surface area contributed by atoms with Crippen LogP contribution in [0.1, 0.15) is 55.7 Å². The van der Waals surface area contributed by atoms with Gasteiger partial charge in [0.25, 0.3) is 0 Å². The van der Waals surface area contributed by atoms with Crippen molar-refractivity contribution in [2.45, 2.75) is 52.5 Å². The number of urea groups is 1. The topological polar surface area (TPSA) is 67.2 Å². The van der Waals surface area contributed by atoms with Gasteiger partial charge in [-0.25, -0.2) is 4.79 Å². The molecular weight excluding hydrogens is 266 g/mol. The SMILES string of the molecule is Cc1noc(C)c1[C@@H](C)NC(=O)NC[C@H]1C[C@H]2CC[C@H]1C2. The number of nitrogens with one attached hydrogen (secondary N) is 2. The third kappa shape index (κ3) is 2.92. The number of hydrogen-bond donors (Lipinski definition) is 2. The molecule has 2 saturated carbocycles. The van der Waals surface area contributed by atoms with Crippen molar-refractivity contribution in [3.05, 3.63) is 17.0 Å². The monoisotopic (exact) mass is 291 g/mol. The summed E-state index contributed by atoms with van der Waals surface area (Å²) in [5, 5.41) is 9.95. The van der Waals surface area contributed by atoms with E-state index in [1.54, 1.807) is 0 Å². The fourth-order valence-electron chi connectivity index (χ4n) is 4.28. The Morgan fingerprint density at radius 1 is 1.38 bits per heavy atom. The number of carbonyl (C=O) groups excluding carboxylic acids is 1. The van der Waals surface area contributed by atoms with E-state index in [4.69, 9.17) is 4.52 Å². The number of carbonyl (C=O) groups is 1. The zero-order chi connectivity index (χ0) is 15.0. The van der Waals surface area contributed by atoms with Gasteiger partial charge in [0.15, 0.2) is 0 Å². The van der Waals surface area contributed by atoms with Crippen LogP contribution in [0, 0.1) is 31.6 Å². The summed E-state index contributed by atoms with van der Waals surface area (Å²) in [6.45, 7) is 6.54. The number of amides is 2. The lowest BCUT2D eigenvalue weighted by Gasteiger charge is -2.22. The Hall–Kier alpha value is -1.52. The molecule has 4 atom stereocenters. The molecular formula is C16H25N3O2. The maximum absolute atomic E-state index is 12.1. The normalized spacial score (nSPS) is 28.6. The molecule has 0 aromatic carbocycles. The van der Waals surface area contributed by atoms with Crippen molar-refractivity contribution >= 4 is 6.03 Å². The van der Waals surface area contributed by atoms with Gasteiger partial charge in [0, 0.05) is 12.1 Å². The van der Waals surface area contributed by atoms with E-state index >= 15 is 0 Å². The molecule has 3 rings (SSSR count). The number of rotatable bonds is 4. The number of hydrogen-bond acceptors (Lipinski definition) is 3. The molecule has 2 fully saturated rings. The molecule has 5 nitrogen and oxygen atoms in total. The molecule has 0 spiro atoms. The molecule has 5 heteroatoms. The lowest BCUT2D eigenvalue weighted by molar-refractivity contribution is 0.231. The molecule has 2 bridgehead atoms. The smallest absolute Gasteiger partial charge is 0.315 e. The lowest BCUT2D eigenvalue weighted by Crippen LogP contribution is -2.40. The summed E-state index contributed by atoms with van der Waals surface area (Å²) in [6, 6.07) is -0.179. The van der Waals surface area contributed by atoms with Gasteiger partial charge in [-0.3, -0.25) is 0 Å².